The molecular weight excluding hydrogens is 1010 g/mol. The normalized spacial score (nSPS) is 11.8. The Hall–Kier alpha value is -8.97. The maximum absolute atomic E-state index is 6.50. The van der Waals surface area contributed by atoms with Gasteiger partial charge in [0.1, 0.15) is 0 Å². The van der Waals surface area contributed by atoms with E-state index in [0.29, 0.717) is 5.02 Å². The molecule has 0 atom stereocenters. The maximum Gasteiger partial charge on any atom is 0.0596 e. The quantitative estimate of drug-likeness (QED) is 0.177. The summed E-state index contributed by atoms with van der Waals surface area (Å²) in [6, 6.07) is 76.6. The van der Waals surface area contributed by atoms with Crippen LogP contribution in [0, 0.1) is 0 Å². The van der Waals surface area contributed by atoms with Crippen molar-refractivity contribution in [3.63, 3.8) is 0 Å². The molecule has 1 aliphatic carbocycles. The van der Waals surface area contributed by atoms with Gasteiger partial charge >= 0.3 is 0 Å². The summed E-state index contributed by atoms with van der Waals surface area (Å²) in [5, 5.41) is 35.1. The van der Waals surface area contributed by atoms with Crippen LogP contribution in [0.25, 0.3) is 126 Å². The van der Waals surface area contributed by atoms with Crippen LogP contribution in [0.3, 0.4) is 0 Å². The first-order chi connectivity index (χ1) is 37.9. The van der Waals surface area contributed by atoms with E-state index < -0.39 is 0 Å². The molecule has 1 aliphatic rings. The fraction of sp³-hybridized carbons (Fsp3) is 0.0145. The van der Waals surface area contributed by atoms with Crippen molar-refractivity contribution in [3.8, 4) is 39.1 Å². The van der Waals surface area contributed by atoms with E-state index in [1.54, 1.807) is 12.4 Å². The minimum absolute atomic E-state index is 0.698. The van der Waals surface area contributed by atoms with E-state index >= 15 is 0 Å². The number of benzene rings is 12. The molecule has 77 heavy (non-hydrogen) atoms. The van der Waals surface area contributed by atoms with Crippen molar-refractivity contribution in [2.24, 2.45) is 0 Å². The van der Waals surface area contributed by atoms with Gasteiger partial charge in [0.2, 0.25) is 0 Å². The van der Waals surface area contributed by atoms with Gasteiger partial charge in [0, 0.05) is 42.4 Å². The van der Waals surface area contributed by atoms with Crippen LogP contribution in [0.4, 0.5) is 0 Å². The Labute approximate surface area is 458 Å². The van der Waals surface area contributed by atoms with Crippen molar-refractivity contribution in [1.82, 2.24) is 25.0 Å². The van der Waals surface area contributed by atoms with E-state index in [0.717, 1.165) is 71.2 Å². The van der Waals surface area contributed by atoms with Crippen molar-refractivity contribution in [3.05, 3.63) is 269 Å². The molecule has 364 valence electrons. The molecule has 15 aromatic rings. The third kappa shape index (κ3) is 8.28. The minimum atomic E-state index is 0.698. The van der Waals surface area contributed by atoms with Gasteiger partial charge in [0.25, 0.3) is 0 Å². The number of hydrogen-bond donors (Lipinski definition) is 0. The topological polar surface area (TPSA) is 56.5 Å². The smallest absolute Gasteiger partial charge is 0.0596 e. The Bertz CT molecular complexity index is 4840. The number of aromatic nitrogens is 5. The van der Waals surface area contributed by atoms with Gasteiger partial charge in [-0.1, -0.05) is 193 Å². The number of nitrogens with zero attached hydrogens (tertiary/aromatic N) is 5. The van der Waals surface area contributed by atoms with Crippen molar-refractivity contribution in [2.45, 2.75) is 6.42 Å². The summed E-state index contributed by atoms with van der Waals surface area (Å²) in [6.45, 7) is 0. The van der Waals surface area contributed by atoms with E-state index in [4.69, 9.17) is 34.8 Å². The lowest BCUT2D eigenvalue weighted by Gasteiger charge is -2.15. The molecule has 8 heteroatoms. The minimum Gasteiger partial charge on any atom is -0.309 e. The summed E-state index contributed by atoms with van der Waals surface area (Å²) in [7, 11) is 0. The van der Waals surface area contributed by atoms with Gasteiger partial charge in [-0.15, -0.1) is 0 Å². The SMILES string of the molecule is Clc1ccc(-c2cccc3ccccc23)c2cnncc12.Clc1ccc2c(c1)-c1cc3ccccc3cc1C2.Clc1ccc2c(c1)c1cc3ccccc3cc1n2-c1ccc(-c2cccc3ccccc23)c2cnncc12. The fourth-order valence-corrected chi connectivity index (χ4v) is 12.1. The highest BCUT2D eigenvalue weighted by atomic mass is 35.5. The molecule has 0 unspecified atom stereocenters. The lowest BCUT2D eigenvalue weighted by molar-refractivity contribution is 1.05. The average Bonchev–Trinajstić information content (AvgIpc) is 4.08. The molecule has 5 nitrogen and oxygen atoms in total. The second-order valence-corrected chi connectivity index (χ2v) is 20.7. The Balaban J connectivity index is 0.000000116. The van der Waals surface area contributed by atoms with Crippen LogP contribution in [0.5, 0.6) is 0 Å². The summed E-state index contributed by atoms with van der Waals surface area (Å²) in [4.78, 5) is 0. The van der Waals surface area contributed by atoms with Crippen molar-refractivity contribution >= 4 is 121 Å². The van der Waals surface area contributed by atoms with Gasteiger partial charge in [-0.2, -0.15) is 20.4 Å². The van der Waals surface area contributed by atoms with Gasteiger partial charge in [-0.25, -0.2) is 0 Å². The van der Waals surface area contributed by atoms with E-state index in [2.05, 4.69) is 219 Å². The summed E-state index contributed by atoms with van der Waals surface area (Å²) in [6.07, 6.45) is 8.28. The molecule has 0 bridgehead atoms. The van der Waals surface area contributed by atoms with Crippen molar-refractivity contribution in [2.75, 3.05) is 0 Å². The number of halogens is 3. The predicted octanol–water partition coefficient (Wildman–Crippen LogP) is 19.5. The summed E-state index contributed by atoms with van der Waals surface area (Å²) in [5.74, 6) is 0. The van der Waals surface area contributed by atoms with E-state index in [1.807, 2.05) is 36.7 Å². The standard InChI is InChI=1S/C34H20ClN3.C18H11ClN2.C17H11Cl/c35-24-12-14-32-29(18-24)28-16-22-7-1-2-8-23(22)17-34(28)38(32)33-15-13-27(30-19-36-37-20-31(30)33)26-11-5-9-21-6-3-4-10-25(21)26;19-18-9-8-15(16-10-20-21-11-17(16)18)14-7-3-5-12-4-1-2-6-13(12)14;18-15-6-5-13-8-14-7-11-3-1-2-4-12(11)9-16(14)17(13)10-15/h1-20H;1-11H;1-7,9-10H,8H2. The zero-order valence-corrected chi connectivity index (χ0v) is 43.4. The second kappa shape index (κ2) is 19.3. The van der Waals surface area contributed by atoms with Crippen LogP contribution in [-0.2, 0) is 6.42 Å². The Kier molecular flexibility index (Phi) is 11.7. The highest BCUT2D eigenvalue weighted by molar-refractivity contribution is 6.36. The third-order valence-electron chi connectivity index (χ3n) is 15.1. The molecule has 0 aliphatic heterocycles. The molecule has 0 amide bonds. The zero-order valence-electron chi connectivity index (χ0n) is 41.2. The average molecular weight is 1050 g/mol. The van der Waals surface area contributed by atoms with Crippen LogP contribution in [0.1, 0.15) is 11.1 Å². The van der Waals surface area contributed by atoms with Crippen LogP contribution in [0.2, 0.25) is 15.1 Å². The molecule has 0 N–H and O–H groups in total. The Morgan fingerprint density at radius 2 is 0.766 bits per heavy atom. The van der Waals surface area contributed by atoms with Crippen molar-refractivity contribution in [1.29, 1.82) is 0 Å². The van der Waals surface area contributed by atoms with Crippen molar-refractivity contribution < 1.29 is 0 Å². The van der Waals surface area contributed by atoms with E-state index in [-0.39, 0.29) is 0 Å². The first-order valence-corrected chi connectivity index (χ1v) is 26.6. The molecule has 0 spiro atoms. The van der Waals surface area contributed by atoms with Crippen LogP contribution in [0.15, 0.2) is 243 Å². The third-order valence-corrected chi connectivity index (χ3v) is 15.9. The molecular formula is C69H42Cl3N5. The van der Waals surface area contributed by atoms with E-state index in [1.165, 1.54) is 81.9 Å². The lowest BCUT2D eigenvalue weighted by Crippen LogP contribution is -1.98. The number of fused-ring (bicyclic) bond motifs is 12. The molecule has 0 fully saturated rings. The van der Waals surface area contributed by atoms with Gasteiger partial charge < -0.3 is 4.57 Å². The monoisotopic (exact) mass is 1050 g/mol. The van der Waals surface area contributed by atoms with Crippen LogP contribution >= 0.6 is 34.8 Å². The Morgan fingerprint density at radius 1 is 0.286 bits per heavy atom. The molecule has 0 saturated carbocycles. The summed E-state index contributed by atoms with van der Waals surface area (Å²) < 4.78 is 2.34. The highest BCUT2D eigenvalue weighted by Gasteiger charge is 2.21. The maximum atomic E-state index is 6.50. The largest absolute Gasteiger partial charge is 0.309 e. The summed E-state index contributed by atoms with van der Waals surface area (Å²) in [5.41, 5.74) is 13.4. The molecule has 0 saturated heterocycles. The number of rotatable bonds is 3. The molecule has 16 rings (SSSR count). The molecule has 3 heterocycles. The van der Waals surface area contributed by atoms with Gasteiger partial charge in [0.15, 0.2) is 0 Å². The van der Waals surface area contributed by atoms with Gasteiger partial charge in [-0.05, 0) is 155 Å². The zero-order chi connectivity index (χ0) is 51.6. The van der Waals surface area contributed by atoms with Crippen LogP contribution < -0.4 is 0 Å². The number of hydrogen-bond acceptors (Lipinski definition) is 4. The first-order valence-electron chi connectivity index (χ1n) is 25.4. The molecule has 3 aromatic heterocycles. The highest BCUT2D eigenvalue weighted by Crippen LogP contribution is 2.43. The predicted molar refractivity (Wildman–Crippen MR) is 324 cm³/mol. The summed E-state index contributed by atoms with van der Waals surface area (Å²) >= 11 is 18.9. The molecule has 0 radical (unpaired) electrons. The first kappa shape index (κ1) is 46.6. The van der Waals surface area contributed by atoms with E-state index in [9.17, 15) is 0 Å². The Morgan fingerprint density at radius 3 is 1.44 bits per heavy atom. The second-order valence-electron chi connectivity index (χ2n) is 19.5. The molecule has 12 aromatic carbocycles. The van der Waals surface area contributed by atoms with Gasteiger partial charge in [-0.3, -0.25) is 0 Å². The van der Waals surface area contributed by atoms with Gasteiger partial charge in [0.05, 0.1) is 46.5 Å². The lowest BCUT2D eigenvalue weighted by atomic mass is 9.94. The van der Waals surface area contributed by atoms with Crippen LogP contribution in [-0.4, -0.2) is 25.0 Å². The fourth-order valence-electron chi connectivity index (χ4n) is 11.5.